The quantitative estimate of drug-likeness (QED) is 0.385. The third-order valence-corrected chi connectivity index (χ3v) is 5.26. The van der Waals surface area contributed by atoms with Gasteiger partial charge in [0.05, 0.1) is 13.2 Å². The van der Waals surface area contributed by atoms with E-state index < -0.39 is 5.91 Å². The number of aryl methyl sites for hydroxylation is 1. The minimum absolute atomic E-state index is 0.0244. The van der Waals surface area contributed by atoms with Gasteiger partial charge in [0.25, 0.3) is 0 Å². The van der Waals surface area contributed by atoms with E-state index in [-0.39, 0.29) is 24.0 Å². The smallest absolute Gasteiger partial charge is 0.305 e. The lowest BCUT2D eigenvalue weighted by molar-refractivity contribution is -0.122. The van der Waals surface area contributed by atoms with Crippen molar-refractivity contribution < 1.29 is 23.5 Å². The molecule has 3 N–H and O–H groups in total. The van der Waals surface area contributed by atoms with Gasteiger partial charge in [-0.2, -0.15) is 0 Å². The molecule has 0 saturated carbocycles. The molecule has 0 bridgehead atoms. The Morgan fingerprint density at radius 2 is 1.94 bits per heavy atom. The summed E-state index contributed by atoms with van der Waals surface area (Å²) < 4.78 is 11.3. The molecule has 172 valence electrons. The number of fused-ring (bicyclic) bond motifs is 1. The Morgan fingerprint density at radius 3 is 2.72 bits per heavy atom. The van der Waals surface area contributed by atoms with Gasteiger partial charge in [0.1, 0.15) is 11.5 Å². The number of amides is 3. The number of benzene rings is 1. The number of hydrogen-bond acceptors (Lipinski definition) is 6. The van der Waals surface area contributed by atoms with E-state index in [2.05, 4.69) is 34.9 Å². The van der Waals surface area contributed by atoms with Crippen molar-refractivity contribution in [2.45, 2.75) is 46.1 Å². The Morgan fingerprint density at radius 1 is 1.12 bits per heavy atom. The van der Waals surface area contributed by atoms with E-state index >= 15 is 0 Å². The SMILES string of the molecule is CCN(CC)Cc1ccc(C(=O)NNC(=O)CCCOc2ccc3c(c2)CCC(=O)N3)o1. The Labute approximate surface area is 187 Å². The first-order valence-electron chi connectivity index (χ1n) is 10.9. The van der Waals surface area contributed by atoms with Crippen LogP contribution in [0.3, 0.4) is 0 Å². The fourth-order valence-corrected chi connectivity index (χ4v) is 3.38. The number of ether oxygens (including phenoxy) is 1. The standard InChI is InChI=1S/C23H30N4O5/c1-3-27(4-2)15-18-9-11-20(32-18)23(30)26-25-22(29)6-5-13-31-17-8-10-19-16(14-17)7-12-21(28)24-19/h8-11,14H,3-7,12-13,15H2,1-2H3,(H,24,28)(H,25,29)(H,26,30). The summed E-state index contributed by atoms with van der Waals surface area (Å²) in [5.74, 6) is 0.765. The lowest BCUT2D eigenvalue weighted by Crippen LogP contribution is -2.41. The van der Waals surface area contributed by atoms with Gasteiger partial charge in [0, 0.05) is 18.5 Å². The van der Waals surface area contributed by atoms with Gasteiger partial charge in [-0.25, -0.2) is 0 Å². The minimum atomic E-state index is -0.499. The molecule has 0 fully saturated rings. The van der Waals surface area contributed by atoms with Crippen LogP contribution in [0.1, 0.15) is 55.0 Å². The van der Waals surface area contributed by atoms with Crippen LogP contribution in [0.2, 0.25) is 0 Å². The van der Waals surface area contributed by atoms with Crippen LogP contribution < -0.4 is 20.9 Å². The van der Waals surface area contributed by atoms with E-state index in [0.29, 0.717) is 43.9 Å². The van der Waals surface area contributed by atoms with E-state index in [1.807, 2.05) is 12.1 Å². The maximum atomic E-state index is 12.2. The van der Waals surface area contributed by atoms with Crippen molar-refractivity contribution >= 4 is 23.4 Å². The number of furan rings is 1. The van der Waals surface area contributed by atoms with Gasteiger partial charge in [-0.1, -0.05) is 13.8 Å². The molecule has 3 amide bonds. The summed E-state index contributed by atoms with van der Waals surface area (Å²) in [4.78, 5) is 37.7. The summed E-state index contributed by atoms with van der Waals surface area (Å²) in [6.45, 7) is 6.90. The summed E-state index contributed by atoms with van der Waals surface area (Å²) >= 11 is 0. The zero-order valence-corrected chi connectivity index (χ0v) is 18.5. The molecule has 1 aromatic carbocycles. The first-order chi connectivity index (χ1) is 15.5. The van der Waals surface area contributed by atoms with Crippen molar-refractivity contribution in [3.63, 3.8) is 0 Å². The molecule has 0 aliphatic carbocycles. The molecule has 0 unspecified atom stereocenters. The van der Waals surface area contributed by atoms with Gasteiger partial charge in [-0.3, -0.25) is 30.1 Å². The molecule has 0 atom stereocenters. The van der Waals surface area contributed by atoms with Crippen LogP contribution >= 0.6 is 0 Å². The Bertz CT molecular complexity index is 952. The zero-order valence-electron chi connectivity index (χ0n) is 18.5. The van der Waals surface area contributed by atoms with Crippen LogP contribution in [-0.4, -0.2) is 42.3 Å². The van der Waals surface area contributed by atoms with E-state index in [0.717, 1.165) is 24.3 Å². The van der Waals surface area contributed by atoms with Gasteiger partial charge in [-0.15, -0.1) is 0 Å². The highest BCUT2D eigenvalue weighted by molar-refractivity contribution is 5.94. The average Bonchev–Trinajstić information content (AvgIpc) is 3.27. The van der Waals surface area contributed by atoms with Crippen LogP contribution in [0.15, 0.2) is 34.7 Å². The molecule has 0 saturated heterocycles. The molecule has 3 rings (SSSR count). The first kappa shape index (κ1) is 23.3. The fraction of sp³-hybridized carbons (Fsp3) is 0.435. The van der Waals surface area contributed by atoms with Crippen molar-refractivity contribution in [1.29, 1.82) is 0 Å². The summed E-state index contributed by atoms with van der Waals surface area (Å²) in [5.41, 5.74) is 6.62. The number of nitrogens with zero attached hydrogens (tertiary/aromatic N) is 1. The highest BCUT2D eigenvalue weighted by atomic mass is 16.5. The van der Waals surface area contributed by atoms with Crippen LogP contribution in [0, 0.1) is 0 Å². The number of carbonyl (C=O) groups is 3. The lowest BCUT2D eigenvalue weighted by Gasteiger charge is -2.17. The molecule has 1 aliphatic heterocycles. The molecule has 9 nitrogen and oxygen atoms in total. The van der Waals surface area contributed by atoms with Crippen LogP contribution in [0.5, 0.6) is 5.75 Å². The molecular weight excluding hydrogens is 412 g/mol. The average molecular weight is 443 g/mol. The number of anilines is 1. The van der Waals surface area contributed by atoms with Crippen molar-refractivity contribution in [3.05, 3.63) is 47.4 Å². The molecule has 0 spiro atoms. The number of hydrazine groups is 1. The predicted octanol–water partition coefficient (Wildman–Crippen LogP) is 2.63. The Hall–Kier alpha value is -3.33. The lowest BCUT2D eigenvalue weighted by atomic mass is 10.0. The fourth-order valence-electron chi connectivity index (χ4n) is 3.38. The second-order valence-electron chi connectivity index (χ2n) is 7.55. The van der Waals surface area contributed by atoms with E-state index in [1.54, 1.807) is 18.2 Å². The largest absolute Gasteiger partial charge is 0.494 e. The van der Waals surface area contributed by atoms with Crippen molar-refractivity contribution in [1.82, 2.24) is 15.8 Å². The highest BCUT2D eigenvalue weighted by Gasteiger charge is 2.15. The second kappa shape index (κ2) is 11.3. The molecule has 1 aliphatic rings. The highest BCUT2D eigenvalue weighted by Crippen LogP contribution is 2.26. The third kappa shape index (κ3) is 6.58. The summed E-state index contributed by atoms with van der Waals surface area (Å²) in [6.07, 6.45) is 1.85. The molecule has 9 heteroatoms. The number of carbonyl (C=O) groups excluding carboxylic acids is 3. The number of hydrogen-bond donors (Lipinski definition) is 3. The Kier molecular flexibility index (Phi) is 8.27. The van der Waals surface area contributed by atoms with Gasteiger partial charge in [0.15, 0.2) is 5.76 Å². The van der Waals surface area contributed by atoms with Crippen LogP contribution in [-0.2, 0) is 22.6 Å². The van der Waals surface area contributed by atoms with Crippen LogP contribution in [0.25, 0.3) is 0 Å². The molecule has 2 aromatic rings. The Balaban J connectivity index is 1.34. The van der Waals surface area contributed by atoms with Crippen LogP contribution in [0.4, 0.5) is 5.69 Å². The van der Waals surface area contributed by atoms with E-state index in [9.17, 15) is 14.4 Å². The summed E-state index contributed by atoms with van der Waals surface area (Å²) in [7, 11) is 0. The zero-order chi connectivity index (χ0) is 22.9. The molecule has 1 aromatic heterocycles. The topological polar surface area (TPSA) is 113 Å². The van der Waals surface area contributed by atoms with E-state index in [4.69, 9.17) is 9.15 Å². The van der Waals surface area contributed by atoms with Gasteiger partial charge in [-0.05, 0) is 61.8 Å². The monoisotopic (exact) mass is 442 g/mol. The molecule has 2 heterocycles. The first-order valence-corrected chi connectivity index (χ1v) is 10.9. The van der Waals surface area contributed by atoms with Gasteiger partial charge in [0.2, 0.25) is 11.8 Å². The number of rotatable bonds is 10. The molecular formula is C23H30N4O5. The molecule has 0 radical (unpaired) electrons. The van der Waals surface area contributed by atoms with Gasteiger partial charge < -0.3 is 14.5 Å². The maximum absolute atomic E-state index is 12.2. The third-order valence-electron chi connectivity index (χ3n) is 5.26. The normalized spacial score (nSPS) is 12.8. The molecule has 32 heavy (non-hydrogen) atoms. The van der Waals surface area contributed by atoms with Gasteiger partial charge >= 0.3 is 5.91 Å². The van der Waals surface area contributed by atoms with Crippen molar-refractivity contribution in [3.8, 4) is 5.75 Å². The van der Waals surface area contributed by atoms with Crippen molar-refractivity contribution in [2.24, 2.45) is 0 Å². The summed E-state index contributed by atoms with van der Waals surface area (Å²) in [5, 5.41) is 2.83. The predicted molar refractivity (Wildman–Crippen MR) is 119 cm³/mol. The van der Waals surface area contributed by atoms with E-state index in [1.165, 1.54) is 0 Å². The second-order valence-corrected chi connectivity index (χ2v) is 7.55. The number of nitrogens with one attached hydrogen (secondary N) is 3. The maximum Gasteiger partial charge on any atom is 0.305 e. The minimum Gasteiger partial charge on any atom is -0.494 e. The van der Waals surface area contributed by atoms with Crippen molar-refractivity contribution in [2.75, 3.05) is 25.0 Å². The summed E-state index contributed by atoms with van der Waals surface area (Å²) in [6, 6.07) is 8.89.